The van der Waals surface area contributed by atoms with Gasteiger partial charge >= 0.3 is 6.09 Å². The zero-order chi connectivity index (χ0) is 12.2. The maximum absolute atomic E-state index is 11.1. The van der Waals surface area contributed by atoms with E-state index in [9.17, 15) is 4.79 Å². The number of unbranched alkanes of at least 4 members (excludes halogenated alkanes) is 2. The van der Waals surface area contributed by atoms with E-state index < -0.39 is 6.09 Å². The molecule has 0 unspecified atom stereocenters. The molecule has 0 aromatic rings. The van der Waals surface area contributed by atoms with Crippen molar-refractivity contribution >= 4 is 11.8 Å². The Labute approximate surface area is 98.4 Å². The van der Waals surface area contributed by atoms with Gasteiger partial charge in [0.2, 0.25) is 0 Å². The lowest BCUT2D eigenvalue weighted by atomic mass is 10.1. The van der Waals surface area contributed by atoms with Crippen LogP contribution in [0.25, 0.3) is 0 Å². The van der Waals surface area contributed by atoms with E-state index in [4.69, 9.17) is 4.74 Å². The maximum Gasteiger partial charge on any atom is 0.427 e. The summed E-state index contributed by atoms with van der Waals surface area (Å²) >= 11 is 0. The number of hydrogen-bond donors (Lipinski definition) is 1. The first kappa shape index (κ1) is 14.9. The quantitative estimate of drug-likeness (QED) is 0.511. The van der Waals surface area contributed by atoms with Gasteiger partial charge in [-0.15, -0.1) is 0 Å². The predicted octanol–water partition coefficient (Wildman–Crippen LogP) is 3.47. The minimum absolute atomic E-state index is 0.376. The zero-order valence-electron chi connectivity index (χ0n) is 10.7. The molecule has 0 aliphatic carbocycles. The third-order valence-electron chi connectivity index (χ3n) is 2.22. The molecule has 1 amide bonds. The molecule has 0 aliphatic heterocycles. The minimum atomic E-state index is -0.465. The number of amides is 1. The van der Waals surface area contributed by atoms with Crippen molar-refractivity contribution < 1.29 is 9.53 Å². The van der Waals surface area contributed by atoms with Gasteiger partial charge in [-0.3, -0.25) is 0 Å². The average molecular weight is 228 g/mol. The van der Waals surface area contributed by atoms with Crippen LogP contribution < -0.4 is 5.43 Å². The molecule has 0 bridgehead atoms. The van der Waals surface area contributed by atoms with Gasteiger partial charge in [-0.25, -0.2) is 10.2 Å². The number of carbonyl (C=O) groups is 1. The number of hydrazone groups is 1. The van der Waals surface area contributed by atoms with Crippen molar-refractivity contribution in [2.24, 2.45) is 5.10 Å². The lowest BCUT2D eigenvalue weighted by Gasteiger charge is -2.06. The molecule has 0 aromatic carbocycles. The summed E-state index contributed by atoms with van der Waals surface area (Å²) < 4.78 is 4.74. The van der Waals surface area contributed by atoms with Crippen LogP contribution in [-0.4, -0.2) is 18.4 Å². The summed E-state index contributed by atoms with van der Waals surface area (Å²) in [4.78, 5) is 11.1. The molecule has 4 heteroatoms. The fourth-order valence-corrected chi connectivity index (χ4v) is 1.29. The summed E-state index contributed by atoms with van der Waals surface area (Å²) in [6.45, 7) is 6.45. The molecule has 1 N–H and O–H groups in total. The molecule has 0 atom stereocenters. The van der Waals surface area contributed by atoms with Crippen molar-refractivity contribution in [3.8, 4) is 0 Å². The van der Waals surface area contributed by atoms with Crippen molar-refractivity contribution in [3.63, 3.8) is 0 Å². The van der Waals surface area contributed by atoms with E-state index in [-0.39, 0.29) is 0 Å². The van der Waals surface area contributed by atoms with E-state index in [0.717, 1.165) is 44.2 Å². The van der Waals surface area contributed by atoms with Crippen LogP contribution in [0.3, 0.4) is 0 Å². The highest BCUT2D eigenvalue weighted by atomic mass is 16.5. The molecular weight excluding hydrogens is 204 g/mol. The van der Waals surface area contributed by atoms with Gasteiger partial charge in [0.1, 0.15) is 0 Å². The van der Waals surface area contributed by atoms with Crippen molar-refractivity contribution in [3.05, 3.63) is 0 Å². The molecule has 0 rings (SSSR count). The lowest BCUT2D eigenvalue weighted by molar-refractivity contribution is 0.152. The van der Waals surface area contributed by atoms with Crippen molar-refractivity contribution in [2.45, 2.75) is 59.3 Å². The van der Waals surface area contributed by atoms with E-state index in [0.29, 0.717) is 6.61 Å². The smallest absolute Gasteiger partial charge is 0.427 e. The summed E-state index contributed by atoms with van der Waals surface area (Å²) in [7, 11) is 0. The Morgan fingerprint density at radius 2 is 1.69 bits per heavy atom. The van der Waals surface area contributed by atoms with E-state index in [1.807, 2.05) is 0 Å². The molecule has 0 saturated heterocycles. The van der Waals surface area contributed by atoms with Crippen LogP contribution in [0.1, 0.15) is 59.3 Å². The lowest BCUT2D eigenvalue weighted by Crippen LogP contribution is -2.20. The molecule has 0 radical (unpaired) electrons. The highest BCUT2D eigenvalue weighted by Crippen LogP contribution is 2.04. The molecule has 0 aliphatic rings. The van der Waals surface area contributed by atoms with Gasteiger partial charge in [-0.1, -0.05) is 26.7 Å². The number of hydrogen-bond acceptors (Lipinski definition) is 3. The van der Waals surface area contributed by atoms with Crippen molar-refractivity contribution in [2.75, 3.05) is 6.61 Å². The highest BCUT2D eigenvalue weighted by Gasteiger charge is 2.02. The van der Waals surface area contributed by atoms with Gasteiger partial charge in [-0.2, -0.15) is 5.10 Å². The van der Waals surface area contributed by atoms with E-state index >= 15 is 0 Å². The van der Waals surface area contributed by atoms with Gasteiger partial charge < -0.3 is 4.74 Å². The normalized spacial score (nSPS) is 9.69. The Morgan fingerprint density at radius 3 is 2.12 bits per heavy atom. The van der Waals surface area contributed by atoms with Crippen LogP contribution in [0.5, 0.6) is 0 Å². The van der Waals surface area contributed by atoms with E-state index in [2.05, 4.69) is 24.4 Å². The van der Waals surface area contributed by atoms with Crippen LogP contribution in [0.2, 0.25) is 0 Å². The standard InChI is InChI=1S/C12H24N2O2/c1-4-7-9-11(10-8-5-2)13-14-12(15)16-6-3/h4-10H2,1-3H3,(H,14,15). The second-order valence-corrected chi connectivity index (χ2v) is 3.72. The molecule has 0 aromatic heterocycles. The third-order valence-corrected chi connectivity index (χ3v) is 2.22. The number of ether oxygens (including phenoxy) is 1. The average Bonchev–Trinajstić information content (AvgIpc) is 2.28. The second kappa shape index (κ2) is 10.5. The first-order valence-corrected chi connectivity index (χ1v) is 6.22. The topological polar surface area (TPSA) is 50.7 Å². The van der Waals surface area contributed by atoms with Crippen LogP contribution in [0.4, 0.5) is 4.79 Å². The highest BCUT2D eigenvalue weighted by molar-refractivity contribution is 5.85. The Kier molecular flexibility index (Phi) is 9.76. The van der Waals surface area contributed by atoms with Crippen LogP contribution >= 0.6 is 0 Å². The molecule has 0 heterocycles. The number of nitrogens with one attached hydrogen (secondary N) is 1. The van der Waals surface area contributed by atoms with Crippen molar-refractivity contribution in [1.29, 1.82) is 0 Å². The largest absolute Gasteiger partial charge is 0.449 e. The van der Waals surface area contributed by atoms with Gasteiger partial charge in [0, 0.05) is 5.71 Å². The number of nitrogens with zero attached hydrogens (tertiary/aromatic N) is 1. The number of rotatable bonds is 8. The first-order valence-electron chi connectivity index (χ1n) is 6.22. The fraction of sp³-hybridized carbons (Fsp3) is 0.833. The molecular formula is C12H24N2O2. The molecule has 94 valence electrons. The van der Waals surface area contributed by atoms with Gasteiger partial charge in [0.05, 0.1) is 6.61 Å². The molecule has 0 spiro atoms. The third kappa shape index (κ3) is 8.26. The first-order chi connectivity index (χ1) is 7.74. The number of carbonyl (C=O) groups excluding carboxylic acids is 1. The van der Waals surface area contributed by atoms with Gasteiger partial charge in [-0.05, 0) is 32.6 Å². The Morgan fingerprint density at radius 1 is 1.12 bits per heavy atom. The molecule has 16 heavy (non-hydrogen) atoms. The fourth-order valence-electron chi connectivity index (χ4n) is 1.29. The Hall–Kier alpha value is -1.06. The SMILES string of the molecule is CCCCC(CCCC)=NNC(=O)OCC. The van der Waals surface area contributed by atoms with Crippen molar-refractivity contribution in [1.82, 2.24) is 5.43 Å². The van der Waals surface area contributed by atoms with Gasteiger partial charge in [0.25, 0.3) is 0 Å². The predicted molar refractivity (Wildman–Crippen MR) is 66.6 cm³/mol. The second-order valence-electron chi connectivity index (χ2n) is 3.72. The van der Waals surface area contributed by atoms with Crippen LogP contribution in [-0.2, 0) is 4.74 Å². The molecule has 0 saturated carbocycles. The van der Waals surface area contributed by atoms with Crippen LogP contribution in [0, 0.1) is 0 Å². The van der Waals surface area contributed by atoms with Gasteiger partial charge in [0.15, 0.2) is 0 Å². The summed E-state index contributed by atoms with van der Waals surface area (Å²) in [5, 5.41) is 4.11. The van der Waals surface area contributed by atoms with E-state index in [1.54, 1.807) is 6.92 Å². The van der Waals surface area contributed by atoms with Crippen LogP contribution in [0.15, 0.2) is 5.10 Å². The Bertz CT molecular complexity index is 205. The van der Waals surface area contributed by atoms with E-state index in [1.165, 1.54) is 0 Å². The maximum atomic E-state index is 11.1. The minimum Gasteiger partial charge on any atom is -0.449 e. The molecule has 4 nitrogen and oxygen atoms in total. The molecule has 0 fully saturated rings. The summed E-state index contributed by atoms with van der Waals surface area (Å²) in [6, 6.07) is 0. The zero-order valence-corrected chi connectivity index (χ0v) is 10.7. The summed E-state index contributed by atoms with van der Waals surface area (Å²) in [6.07, 6.45) is 5.98. The summed E-state index contributed by atoms with van der Waals surface area (Å²) in [5.41, 5.74) is 3.49. The summed E-state index contributed by atoms with van der Waals surface area (Å²) in [5.74, 6) is 0. The monoisotopic (exact) mass is 228 g/mol. The Balaban J connectivity index is 4.03.